The van der Waals surface area contributed by atoms with E-state index in [2.05, 4.69) is 15.1 Å². The summed E-state index contributed by atoms with van der Waals surface area (Å²) in [5.74, 6) is 0.381. The van der Waals surface area contributed by atoms with Gasteiger partial charge in [-0.2, -0.15) is 0 Å². The first kappa shape index (κ1) is 10.7. The molecule has 1 aromatic carbocycles. The number of aromatic nitrogens is 3. The summed E-state index contributed by atoms with van der Waals surface area (Å²) in [6.45, 7) is 2.02. The highest BCUT2D eigenvalue weighted by atomic mass is 16.5. The number of hydrogen-bond acceptors (Lipinski definition) is 5. The highest BCUT2D eigenvalue weighted by Crippen LogP contribution is 2.28. The molecule has 3 aromatic rings. The average molecular weight is 240 g/mol. The lowest BCUT2D eigenvalue weighted by atomic mass is 10.1. The van der Waals surface area contributed by atoms with Gasteiger partial charge in [-0.25, -0.2) is 0 Å². The number of fused-ring (bicyclic) bond motifs is 1. The fourth-order valence-electron chi connectivity index (χ4n) is 2.00. The fourth-order valence-corrected chi connectivity index (χ4v) is 2.00. The van der Waals surface area contributed by atoms with E-state index in [0.717, 1.165) is 34.3 Å². The van der Waals surface area contributed by atoms with Crippen molar-refractivity contribution in [3.63, 3.8) is 0 Å². The molecule has 2 aromatic heterocycles. The molecule has 5 nitrogen and oxygen atoms in total. The summed E-state index contributed by atoms with van der Waals surface area (Å²) in [4.78, 5) is 8.51. The minimum atomic E-state index is 0.381. The minimum Gasteiger partial charge on any atom is -0.367 e. The molecule has 0 spiro atoms. The van der Waals surface area contributed by atoms with E-state index in [0.29, 0.717) is 5.88 Å². The van der Waals surface area contributed by atoms with Crippen molar-refractivity contribution in [1.29, 1.82) is 0 Å². The lowest BCUT2D eigenvalue weighted by Gasteiger charge is -2.01. The molecule has 0 radical (unpaired) electrons. The van der Waals surface area contributed by atoms with Crippen LogP contribution in [0.15, 0.2) is 35.1 Å². The van der Waals surface area contributed by atoms with Crippen LogP contribution in [0.2, 0.25) is 0 Å². The summed E-state index contributed by atoms with van der Waals surface area (Å²) in [5.41, 5.74) is 10.1. The van der Waals surface area contributed by atoms with Crippen molar-refractivity contribution in [3.8, 4) is 11.3 Å². The molecule has 0 atom stereocenters. The molecule has 90 valence electrons. The predicted molar refractivity (Wildman–Crippen MR) is 68.8 cm³/mol. The smallest absolute Gasteiger partial charge is 0.225 e. The third-order valence-corrected chi connectivity index (χ3v) is 2.91. The number of benzene rings is 1. The third-order valence-electron chi connectivity index (χ3n) is 2.91. The molecule has 0 saturated heterocycles. The molecular weight excluding hydrogens is 228 g/mol. The van der Waals surface area contributed by atoms with Crippen LogP contribution in [-0.4, -0.2) is 15.1 Å². The van der Waals surface area contributed by atoms with E-state index >= 15 is 0 Å². The zero-order valence-corrected chi connectivity index (χ0v) is 9.92. The Morgan fingerprint density at radius 2 is 1.94 bits per heavy atom. The van der Waals surface area contributed by atoms with Crippen molar-refractivity contribution in [1.82, 2.24) is 15.1 Å². The van der Waals surface area contributed by atoms with Crippen LogP contribution in [0.5, 0.6) is 0 Å². The Bertz CT molecular complexity index is 705. The van der Waals surface area contributed by atoms with Crippen LogP contribution in [0.3, 0.4) is 0 Å². The maximum Gasteiger partial charge on any atom is 0.225 e. The standard InChI is InChI=1S/C13H12N4O/c1-2-9-12(17-18-13(9)14)8-3-4-10-11(7-8)16-6-5-15-10/h3-7H,2,14H2,1H3. The number of anilines is 1. The second-order valence-corrected chi connectivity index (χ2v) is 3.99. The third kappa shape index (κ3) is 1.60. The van der Waals surface area contributed by atoms with Gasteiger partial charge < -0.3 is 10.3 Å². The van der Waals surface area contributed by atoms with Gasteiger partial charge in [-0.3, -0.25) is 9.97 Å². The molecule has 5 heteroatoms. The first-order chi connectivity index (χ1) is 8.79. The predicted octanol–water partition coefficient (Wildman–Crippen LogP) is 2.43. The molecule has 0 saturated carbocycles. The molecule has 0 aliphatic heterocycles. The van der Waals surface area contributed by atoms with Gasteiger partial charge in [-0.05, 0) is 18.6 Å². The first-order valence-corrected chi connectivity index (χ1v) is 5.74. The van der Waals surface area contributed by atoms with E-state index in [1.165, 1.54) is 0 Å². The van der Waals surface area contributed by atoms with E-state index in [1.807, 2.05) is 25.1 Å². The van der Waals surface area contributed by atoms with Gasteiger partial charge in [0.15, 0.2) is 0 Å². The number of hydrogen-bond donors (Lipinski definition) is 1. The van der Waals surface area contributed by atoms with Crippen molar-refractivity contribution in [2.24, 2.45) is 0 Å². The monoisotopic (exact) mass is 240 g/mol. The van der Waals surface area contributed by atoms with Crippen molar-refractivity contribution >= 4 is 16.9 Å². The van der Waals surface area contributed by atoms with Gasteiger partial charge in [0.25, 0.3) is 0 Å². The molecule has 18 heavy (non-hydrogen) atoms. The Morgan fingerprint density at radius 1 is 1.17 bits per heavy atom. The molecule has 3 rings (SSSR count). The van der Waals surface area contributed by atoms with Gasteiger partial charge in [-0.15, -0.1) is 0 Å². The summed E-state index contributed by atoms with van der Waals surface area (Å²) < 4.78 is 5.04. The maximum absolute atomic E-state index is 5.74. The highest BCUT2D eigenvalue weighted by molar-refractivity contribution is 5.81. The zero-order chi connectivity index (χ0) is 12.5. The van der Waals surface area contributed by atoms with E-state index < -0.39 is 0 Å². The highest BCUT2D eigenvalue weighted by Gasteiger charge is 2.14. The second kappa shape index (κ2) is 4.10. The van der Waals surface area contributed by atoms with Crippen molar-refractivity contribution < 1.29 is 4.52 Å². The van der Waals surface area contributed by atoms with E-state index in [9.17, 15) is 0 Å². The Morgan fingerprint density at radius 3 is 2.72 bits per heavy atom. The number of nitrogens with two attached hydrogens (primary N) is 1. The molecule has 0 bridgehead atoms. The van der Waals surface area contributed by atoms with Crippen LogP contribution >= 0.6 is 0 Å². The molecule has 0 fully saturated rings. The summed E-state index contributed by atoms with van der Waals surface area (Å²) in [6.07, 6.45) is 4.13. The first-order valence-electron chi connectivity index (χ1n) is 5.74. The number of nitrogens with zero attached hydrogens (tertiary/aromatic N) is 3. The second-order valence-electron chi connectivity index (χ2n) is 3.99. The van der Waals surface area contributed by atoms with Crippen LogP contribution in [0.4, 0.5) is 5.88 Å². The molecule has 2 heterocycles. The molecular formula is C13H12N4O. The Hall–Kier alpha value is -2.43. The topological polar surface area (TPSA) is 77.8 Å². The van der Waals surface area contributed by atoms with Gasteiger partial charge in [0.1, 0.15) is 5.69 Å². The van der Waals surface area contributed by atoms with Crippen LogP contribution in [0.25, 0.3) is 22.3 Å². The van der Waals surface area contributed by atoms with Gasteiger partial charge in [0.2, 0.25) is 5.88 Å². The zero-order valence-electron chi connectivity index (χ0n) is 9.92. The van der Waals surface area contributed by atoms with Crippen molar-refractivity contribution in [2.75, 3.05) is 5.73 Å². The molecule has 0 unspecified atom stereocenters. The van der Waals surface area contributed by atoms with E-state index in [1.54, 1.807) is 12.4 Å². The molecule has 0 aliphatic rings. The minimum absolute atomic E-state index is 0.381. The molecule has 0 aliphatic carbocycles. The van der Waals surface area contributed by atoms with Crippen molar-refractivity contribution in [2.45, 2.75) is 13.3 Å². The summed E-state index contributed by atoms with van der Waals surface area (Å²) in [5, 5.41) is 4.02. The van der Waals surface area contributed by atoms with Crippen LogP contribution in [0, 0.1) is 0 Å². The summed E-state index contributed by atoms with van der Waals surface area (Å²) in [7, 11) is 0. The lowest BCUT2D eigenvalue weighted by molar-refractivity contribution is 0.438. The Kier molecular flexibility index (Phi) is 2.44. The largest absolute Gasteiger partial charge is 0.367 e. The van der Waals surface area contributed by atoms with Crippen LogP contribution in [-0.2, 0) is 6.42 Å². The Labute approximate surface area is 104 Å². The lowest BCUT2D eigenvalue weighted by Crippen LogP contribution is -1.90. The van der Waals surface area contributed by atoms with Crippen LogP contribution < -0.4 is 5.73 Å². The van der Waals surface area contributed by atoms with Crippen LogP contribution in [0.1, 0.15) is 12.5 Å². The quantitative estimate of drug-likeness (QED) is 0.744. The Balaban J connectivity index is 2.19. The fraction of sp³-hybridized carbons (Fsp3) is 0.154. The summed E-state index contributed by atoms with van der Waals surface area (Å²) in [6, 6.07) is 5.81. The van der Waals surface area contributed by atoms with Gasteiger partial charge in [0, 0.05) is 23.5 Å². The van der Waals surface area contributed by atoms with Gasteiger partial charge >= 0.3 is 0 Å². The van der Waals surface area contributed by atoms with E-state index in [-0.39, 0.29) is 0 Å². The normalized spacial score (nSPS) is 10.9. The SMILES string of the molecule is CCc1c(-c2ccc3nccnc3c2)noc1N. The maximum atomic E-state index is 5.74. The molecule has 0 amide bonds. The van der Waals surface area contributed by atoms with E-state index in [4.69, 9.17) is 10.3 Å². The van der Waals surface area contributed by atoms with Gasteiger partial charge in [-0.1, -0.05) is 18.1 Å². The average Bonchev–Trinajstić information content (AvgIpc) is 2.79. The van der Waals surface area contributed by atoms with Gasteiger partial charge in [0.05, 0.1) is 11.0 Å². The molecule has 2 N–H and O–H groups in total. The number of rotatable bonds is 2. The van der Waals surface area contributed by atoms with Crippen molar-refractivity contribution in [3.05, 3.63) is 36.2 Å². The summed E-state index contributed by atoms with van der Waals surface area (Å²) >= 11 is 0. The number of nitrogen functional groups attached to an aromatic ring is 1.